The average Bonchev–Trinajstić information content (AvgIpc) is 2.56. The molecule has 0 aliphatic carbocycles. The molecule has 1 aliphatic heterocycles. The monoisotopic (exact) mass is 335 g/mol. The highest BCUT2D eigenvalue weighted by atomic mass is 79.9. The zero-order chi connectivity index (χ0) is 14.7. The van der Waals surface area contributed by atoms with Crippen molar-refractivity contribution in [3.8, 4) is 6.07 Å². The van der Waals surface area contributed by atoms with Crippen LogP contribution in [0.25, 0.3) is 0 Å². The maximum absolute atomic E-state index is 9.03. The lowest BCUT2D eigenvalue weighted by Gasteiger charge is -2.32. The van der Waals surface area contributed by atoms with Crippen molar-refractivity contribution in [2.24, 2.45) is 0 Å². The third kappa shape index (κ3) is 3.34. The van der Waals surface area contributed by atoms with Crippen LogP contribution in [0.4, 0.5) is 5.69 Å². The second-order valence-electron chi connectivity index (χ2n) is 5.72. The molecule has 0 radical (unpaired) electrons. The van der Waals surface area contributed by atoms with Crippen LogP contribution < -0.4 is 4.90 Å². The van der Waals surface area contributed by atoms with Crippen LogP contribution in [0.2, 0.25) is 0 Å². The molecule has 0 bridgehead atoms. The summed E-state index contributed by atoms with van der Waals surface area (Å²) in [6.45, 7) is 6.35. The molecular weight excluding hydrogens is 314 g/mol. The molecular formula is C16H22BrN3. The minimum Gasteiger partial charge on any atom is -0.367 e. The van der Waals surface area contributed by atoms with Gasteiger partial charge in [0.15, 0.2) is 0 Å². The molecule has 1 fully saturated rings. The molecule has 1 aromatic rings. The molecule has 20 heavy (non-hydrogen) atoms. The number of hydrogen-bond acceptors (Lipinski definition) is 3. The van der Waals surface area contributed by atoms with Crippen molar-refractivity contribution in [1.82, 2.24) is 4.90 Å². The largest absolute Gasteiger partial charge is 0.367 e. The van der Waals surface area contributed by atoms with Gasteiger partial charge in [-0.2, -0.15) is 5.26 Å². The average molecular weight is 336 g/mol. The maximum Gasteiger partial charge on any atom is 0.0638 e. The van der Waals surface area contributed by atoms with Crippen LogP contribution in [0.5, 0.6) is 0 Å². The van der Waals surface area contributed by atoms with E-state index in [0.29, 0.717) is 18.5 Å². The van der Waals surface area contributed by atoms with Crippen LogP contribution >= 0.6 is 15.9 Å². The Labute approximate surface area is 130 Å². The van der Waals surface area contributed by atoms with E-state index in [2.05, 4.69) is 70.9 Å². The summed E-state index contributed by atoms with van der Waals surface area (Å²) in [5.74, 6) is 0. The number of aryl methyl sites for hydroxylation is 1. The Morgan fingerprint density at radius 2 is 2.20 bits per heavy atom. The molecule has 1 saturated heterocycles. The molecule has 108 valence electrons. The van der Waals surface area contributed by atoms with E-state index in [1.807, 2.05) is 0 Å². The number of anilines is 1. The Hall–Kier alpha value is -1.05. The van der Waals surface area contributed by atoms with Crippen molar-refractivity contribution in [3.05, 3.63) is 28.2 Å². The molecule has 0 N–H and O–H groups in total. The second-order valence-corrected chi connectivity index (χ2v) is 6.57. The van der Waals surface area contributed by atoms with E-state index in [0.717, 1.165) is 24.0 Å². The molecule has 0 saturated carbocycles. The predicted molar refractivity (Wildman–Crippen MR) is 87.0 cm³/mol. The molecule has 4 heteroatoms. The lowest BCUT2D eigenvalue weighted by atomic mass is 10.1. The van der Waals surface area contributed by atoms with Gasteiger partial charge in [0.05, 0.1) is 12.5 Å². The first-order valence-corrected chi connectivity index (χ1v) is 7.92. The summed E-state index contributed by atoms with van der Waals surface area (Å²) in [6.07, 6.45) is 1.72. The van der Waals surface area contributed by atoms with Crippen LogP contribution in [-0.4, -0.2) is 37.1 Å². The van der Waals surface area contributed by atoms with Crippen LogP contribution in [0.3, 0.4) is 0 Å². The van der Waals surface area contributed by atoms with Gasteiger partial charge in [0.2, 0.25) is 0 Å². The first-order valence-electron chi connectivity index (χ1n) is 7.13. The number of rotatable bonds is 2. The first-order chi connectivity index (χ1) is 9.52. The zero-order valence-corrected chi connectivity index (χ0v) is 14.0. The highest BCUT2D eigenvalue weighted by molar-refractivity contribution is 9.10. The quantitative estimate of drug-likeness (QED) is 0.827. The fourth-order valence-electron chi connectivity index (χ4n) is 2.72. The fraction of sp³-hybridized carbons (Fsp3) is 0.562. The van der Waals surface area contributed by atoms with Crippen LogP contribution in [0.15, 0.2) is 22.7 Å². The topological polar surface area (TPSA) is 30.3 Å². The third-order valence-electron chi connectivity index (χ3n) is 4.28. The van der Waals surface area contributed by atoms with E-state index >= 15 is 0 Å². The molecule has 0 amide bonds. The summed E-state index contributed by atoms with van der Waals surface area (Å²) in [5, 5.41) is 9.03. The number of halogens is 1. The molecule has 2 atom stereocenters. The van der Waals surface area contributed by atoms with Crippen molar-refractivity contribution in [3.63, 3.8) is 0 Å². The van der Waals surface area contributed by atoms with E-state index in [1.54, 1.807) is 0 Å². The van der Waals surface area contributed by atoms with Gasteiger partial charge in [-0.1, -0.05) is 22.0 Å². The number of benzene rings is 1. The standard InChI is InChI=1S/C16H22BrN3/c1-12-4-5-14(10-16(12)17)20-11-15(6-8-18)19(3)9-7-13(20)2/h4-5,10,13,15H,6-7,9,11H2,1-3H3. The SMILES string of the molecule is Cc1ccc(N2CC(CC#N)N(C)CCC2C)cc1Br. The lowest BCUT2D eigenvalue weighted by molar-refractivity contribution is 0.263. The Bertz CT molecular complexity index is 509. The van der Waals surface area contributed by atoms with Gasteiger partial charge < -0.3 is 9.80 Å². The van der Waals surface area contributed by atoms with Gasteiger partial charge in [-0.15, -0.1) is 0 Å². The van der Waals surface area contributed by atoms with Crippen molar-refractivity contribution in [1.29, 1.82) is 5.26 Å². The molecule has 0 aromatic heterocycles. The minimum absolute atomic E-state index is 0.310. The maximum atomic E-state index is 9.03. The van der Waals surface area contributed by atoms with Gasteiger partial charge >= 0.3 is 0 Å². The van der Waals surface area contributed by atoms with Crippen molar-refractivity contribution < 1.29 is 0 Å². The van der Waals surface area contributed by atoms with Gasteiger partial charge in [-0.3, -0.25) is 0 Å². The number of hydrogen-bond donors (Lipinski definition) is 0. The molecule has 1 aliphatic rings. The summed E-state index contributed by atoms with van der Waals surface area (Å²) < 4.78 is 1.15. The van der Waals surface area contributed by atoms with Crippen LogP contribution in [-0.2, 0) is 0 Å². The molecule has 3 nitrogen and oxygen atoms in total. The smallest absolute Gasteiger partial charge is 0.0638 e. The summed E-state index contributed by atoms with van der Waals surface area (Å²) in [4.78, 5) is 4.76. The van der Waals surface area contributed by atoms with E-state index in [9.17, 15) is 0 Å². The van der Waals surface area contributed by atoms with E-state index in [1.165, 1.54) is 11.3 Å². The molecule has 2 rings (SSSR count). The molecule has 0 spiro atoms. The van der Waals surface area contributed by atoms with Gasteiger partial charge in [-0.25, -0.2) is 0 Å². The van der Waals surface area contributed by atoms with Gasteiger partial charge in [0, 0.05) is 35.3 Å². The van der Waals surface area contributed by atoms with Crippen molar-refractivity contribution in [2.75, 3.05) is 25.0 Å². The van der Waals surface area contributed by atoms with E-state index in [4.69, 9.17) is 5.26 Å². The Morgan fingerprint density at radius 1 is 1.45 bits per heavy atom. The van der Waals surface area contributed by atoms with Gasteiger partial charge in [-0.05, 0) is 45.0 Å². The summed E-state index contributed by atoms with van der Waals surface area (Å²) in [5.41, 5.74) is 2.50. The molecule has 1 heterocycles. The third-order valence-corrected chi connectivity index (χ3v) is 5.13. The van der Waals surface area contributed by atoms with Crippen LogP contribution in [0.1, 0.15) is 25.3 Å². The van der Waals surface area contributed by atoms with Crippen molar-refractivity contribution >= 4 is 21.6 Å². The van der Waals surface area contributed by atoms with Gasteiger partial charge in [0.1, 0.15) is 0 Å². The number of nitriles is 1. The fourth-order valence-corrected chi connectivity index (χ4v) is 3.09. The predicted octanol–water partition coefficient (Wildman–Crippen LogP) is 3.57. The molecule has 2 unspecified atom stereocenters. The van der Waals surface area contributed by atoms with Crippen LogP contribution in [0, 0.1) is 18.3 Å². The minimum atomic E-state index is 0.310. The zero-order valence-electron chi connectivity index (χ0n) is 12.4. The Kier molecular flexibility index (Phi) is 5.06. The Morgan fingerprint density at radius 3 is 2.85 bits per heavy atom. The second kappa shape index (κ2) is 6.60. The van der Waals surface area contributed by atoms with E-state index in [-0.39, 0.29) is 0 Å². The Balaban J connectivity index is 2.27. The lowest BCUT2D eigenvalue weighted by Crippen LogP contribution is -2.40. The normalized spacial score (nSPS) is 24.2. The highest BCUT2D eigenvalue weighted by Crippen LogP contribution is 2.28. The first kappa shape index (κ1) is 15.3. The number of nitrogens with zero attached hydrogens (tertiary/aromatic N) is 3. The summed E-state index contributed by atoms with van der Waals surface area (Å²) in [6, 6.07) is 9.67. The summed E-state index contributed by atoms with van der Waals surface area (Å²) >= 11 is 3.62. The highest BCUT2D eigenvalue weighted by Gasteiger charge is 2.26. The van der Waals surface area contributed by atoms with E-state index < -0.39 is 0 Å². The molecule has 1 aromatic carbocycles. The summed E-state index contributed by atoms with van der Waals surface area (Å²) in [7, 11) is 2.13. The van der Waals surface area contributed by atoms with Gasteiger partial charge in [0.25, 0.3) is 0 Å². The van der Waals surface area contributed by atoms with Crippen molar-refractivity contribution in [2.45, 2.75) is 38.8 Å². The number of likely N-dealkylation sites (N-methyl/N-ethyl adjacent to an activating group) is 1.